The lowest BCUT2D eigenvalue weighted by molar-refractivity contribution is -0.117. The van der Waals surface area contributed by atoms with E-state index in [4.69, 9.17) is 11.6 Å². The number of fused-ring (bicyclic) bond motifs is 1. The Bertz CT molecular complexity index is 513. The van der Waals surface area contributed by atoms with Crippen molar-refractivity contribution in [1.82, 2.24) is 10.2 Å². The van der Waals surface area contributed by atoms with Crippen molar-refractivity contribution in [2.45, 2.75) is 0 Å². The number of benzene rings is 1. The van der Waals surface area contributed by atoms with Crippen molar-refractivity contribution >= 4 is 23.2 Å². The molecule has 20 heavy (non-hydrogen) atoms. The van der Waals surface area contributed by atoms with E-state index in [-0.39, 0.29) is 10.9 Å². The van der Waals surface area contributed by atoms with E-state index < -0.39 is 5.82 Å². The van der Waals surface area contributed by atoms with Crippen molar-refractivity contribution in [3.8, 4) is 0 Å². The number of hydrogen-bond donors (Lipinski definition) is 2. The first-order valence-corrected chi connectivity index (χ1v) is 7.17. The van der Waals surface area contributed by atoms with Gasteiger partial charge in [0.2, 0.25) is 5.91 Å². The third-order valence-electron chi connectivity index (χ3n) is 4.04. The second-order valence-corrected chi connectivity index (χ2v) is 5.95. The SMILES string of the molecule is O=C(CN1C[C@H]2CNC[C@H]2C1)Nc1ccc(F)cc1Cl. The molecule has 0 aromatic heterocycles. The molecule has 2 fully saturated rings. The second kappa shape index (κ2) is 5.68. The number of rotatable bonds is 3. The van der Waals surface area contributed by atoms with Crippen LogP contribution in [0.25, 0.3) is 0 Å². The Labute approximate surface area is 122 Å². The first kappa shape index (κ1) is 13.8. The van der Waals surface area contributed by atoms with Crippen LogP contribution < -0.4 is 10.6 Å². The standard InChI is InChI=1S/C14H17ClFN3O/c15-12-3-11(16)1-2-13(12)18-14(20)8-19-6-9-4-17-5-10(9)7-19/h1-3,9-10,17H,4-8H2,(H,18,20)/t9-,10+. The molecule has 1 aromatic carbocycles. The predicted octanol–water partition coefficient (Wildman–Crippen LogP) is 1.57. The topological polar surface area (TPSA) is 44.4 Å². The molecule has 2 heterocycles. The summed E-state index contributed by atoms with van der Waals surface area (Å²) in [6.45, 7) is 4.38. The highest BCUT2D eigenvalue weighted by Gasteiger charge is 2.36. The zero-order valence-corrected chi connectivity index (χ0v) is 11.8. The number of carbonyl (C=O) groups excluding carboxylic acids is 1. The molecule has 1 aromatic rings. The van der Waals surface area contributed by atoms with E-state index in [2.05, 4.69) is 15.5 Å². The Morgan fingerprint density at radius 1 is 1.40 bits per heavy atom. The first-order chi connectivity index (χ1) is 9.61. The van der Waals surface area contributed by atoms with Gasteiger partial charge in [-0.3, -0.25) is 9.69 Å². The average Bonchev–Trinajstić information content (AvgIpc) is 2.93. The lowest BCUT2D eigenvalue weighted by Crippen LogP contribution is -2.33. The maximum atomic E-state index is 12.9. The zero-order chi connectivity index (χ0) is 14.1. The minimum Gasteiger partial charge on any atom is -0.324 e. The van der Waals surface area contributed by atoms with E-state index in [0.29, 0.717) is 24.1 Å². The highest BCUT2D eigenvalue weighted by atomic mass is 35.5. The number of anilines is 1. The van der Waals surface area contributed by atoms with Crippen molar-refractivity contribution in [3.63, 3.8) is 0 Å². The fourth-order valence-electron chi connectivity index (χ4n) is 3.07. The third kappa shape index (κ3) is 2.95. The normalized spacial score (nSPS) is 25.7. The van der Waals surface area contributed by atoms with Crippen LogP contribution >= 0.6 is 11.6 Å². The summed E-state index contributed by atoms with van der Waals surface area (Å²) in [6.07, 6.45) is 0. The van der Waals surface area contributed by atoms with Gasteiger partial charge < -0.3 is 10.6 Å². The van der Waals surface area contributed by atoms with Gasteiger partial charge in [-0.05, 0) is 43.1 Å². The molecule has 0 saturated carbocycles. The maximum Gasteiger partial charge on any atom is 0.238 e. The van der Waals surface area contributed by atoms with Crippen molar-refractivity contribution in [2.24, 2.45) is 11.8 Å². The van der Waals surface area contributed by atoms with Crippen LogP contribution in [0.1, 0.15) is 0 Å². The van der Waals surface area contributed by atoms with Gasteiger partial charge in [-0.15, -0.1) is 0 Å². The number of hydrogen-bond acceptors (Lipinski definition) is 3. The number of carbonyl (C=O) groups is 1. The molecule has 3 rings (SSSR count). The quantitative estimate of drug-likeness (QED) is 0.890. The monoisotopic (exact) mass is 297 g/mol. The summed E-state index contributed by atoms with van der Waals surface area (Å²) in [5.74, 6) is 0.814. The van der Waals surface area contributed by atoms with E-state index >= 15 is 0 Å². The van der Waals surface area contributed by atoms with Crippen LogP contribution in [0.4, 0.5) is 10.1 Å². The molecule has 2 saturated heterocycles. The Morgan fingerprint density at radius 2 is 2.10 bits per heavy atom. The van der Waals surface area contributed by atoms with Crippen LogP contribution in [0, 0.1) is 17.7 Å². The van der Waals surface area contributed by atoms with Gasteiger partial charge in [0.25, 0.3) is 0 Å². The Morgan fingerprint density at radius 3 is 2.75 bits per heavy atom. The highest BCUT2D eigenvalue weighted by molar-refractivity contribution is 6.33. The molecule has 0 radical (unpaired) electrons. The summed E-state index contributed by atoms with van der Waals surface area (Å²) in [6, 6.07) is 3.97. The maximum absolute atomic E-state index is 12.9. The molecule has 4 nitrogen and oxygen atoms in total. The minimum absolute atomic E-state index is 0.105. The summed E-state index contributed by atoms with van der Waals surface area (Å²) in [5.41, 5.74) is 0.458. The van der Waals surface area contributed by atoms with E-state index in [1.807, 2.05) is 0 Å². The van der Waals surface area contributed by atoms with Gasteiger partial charge in [-0.25, -0.2) is 4.39 Å². The number of nitrogens with one attached hydrogen (secondary N) is 2. The van der Waals surface area contributed by atoms with Crippen LogP contribution in [0.3, 0.4) is 0 Å². The summed E-state index contributed by atoms with van der Waals surface area (Å²) in [5, 5.41) is 6.33. The van der Waals surface area contributed by atoms with E-state index in [9.17, 15) is 9.18 Å². The van der Waals surface area contributed by atoms with Crippen molar-refractivity contribution in [2.75, 3.05) is 38.0 Å². The molecule has 2 atom stereocenters. The van der Waals surface area contributed by atoms with Gasteiger partial charge in [0.15, 0.2) is 0 Å². The van der Waals surface area contributed by atoms with Crippen molar-refractivity contribution < 1.29 is 9.18 Å². The fraction of sp³-hybridized carbons (Fsp3) is 0.500. The van der Waals surface area contributed by atoms with Gasteiger partial charge in [0.1, 0.15) is 5.82 Å². The van der Waals surface area contributed by atoms with Gasteiger partial charge in [-0.1, -0.05) is 11.6 Å². The molecule has 1 amide bonds. The first-order valence-electron chi connectivity index (χ1n) is 6.80. The van der Waals surface area contributed by atoms with Gasteiger partial charge in [-0.2, -0.15) is 0 Å². The van der Waals surface area contributed by atoms with E-state index in [1.54, 1.807) is 0 Å². The number of halogens is 2. The molecule has 2 N–H and O–H groups in total. The lowest BCUT2D eigenvalue weighted by atomic mass is 10.0. The third-order valence-corrected chi connectivity index (χ3v) is 4.35. The molecule has 0 spiro atoms. The van der Waals surface area contributed by atoms with Crippen molar-refractivity contribution in [3.05, 3.63) is 29.0 Å². The Balaban J connectivity index is 1.55. The smallest absolute Gasteiger partial charge is 0.238 e. The Kier molecular flexibility index (Phi) is 3.92. The summed E-state index contributed by atoms with van der Waals surface area (Å²) >= 11 is 5.89. The zero-order valence-electron chi connectivity index (χ0n) is 11.0. The molecule has 2 aliphatic rings. The van der Waals surface area contributed by atoms with E-state index in [1.165, 1.54) is 18.2 Å². The summed E-state index contributed by atoms with van der Waals surface area (Å²) in [7, 11) is 0. The molecule has 6 heteroatoms. The minimum atomic E-state index is -0.409. The number of amides is 1. The molecule has 0 bridgehead atoms. The molecule has 108 valence electrons. The fourth-order valence-corrected chi connectivity index (χ4v) is 3.28. The average molecular weight is 298 g/mol. The van der Waals surface area contributed by atoms with E-state index in [0.717, 1.165) is 26.2 Å². The van der Waals surface area contributed by atoms with Gasteiger partial charge in [0, 0.05) is 13.1 Å². The molecular formula is C14H17ClFN3O. The second-order valence-electron chi connectivity index (χ2n) is 5.54. The Hall–Kier alpha value is -1.17. The molecular weight excluding hydrogens is 281 g/mol. The van der Waals surface area contributed by atoms with Gasteiger partial charge in [0.05, 0.1) is 17.3 Å². The highest BCUT2D eigenvalue weighted by Crippen LogP contribution is 2.26. The van der Waals surface area contributed by atoms with Crippen LogP contribution in [0.5, 0.6) is 0 Å². The van der Waals surface area contributed by atoms with Crippen LogP contribution in [-0.4, -0.2) is 43.5 Å². The van der Waals surface area contributed by atoms with Gasteiger partial charge >= 0.3 is 0 Å². The van der Waals surface area contributed by atoms with Crippen LogP contribution in [0.2, 0.25) is 5.02 Å². The molecule has 0 aliphatic carbocycles. The van der Waals surface area contributed by atoms with Crippen LogP contribution in [-0.2, 0) is 4.79 Å². The van der Waals surface area contributed by atoms with Crippen molar-refractivity contribution in [1.29, 1.82) is 0 Å². The lowest BCUT2D eigenvalue weighted by Gasteiger charge is -2.16. The number of nitrogens with zero attached hydrogens (tertiary/aromatic N) is 1. The molecule has 0 unspecified atom stereocenters. The summed E-state index contributed by atoms with van der Waals surface area (Å²) in [4.78, 5) is 14.2. The van der Waals surface area contributed by atoms with Crippen LogP contribution in [0.15, 0.2) is 18.2 Å². The number of likely N-dealkylation sites (tertiary alicyclic amines) is 1. The largest absolute Gasteiger partial charge is 0.324 e. The summed E-state index contributed by atoms with van der Waals surface area (Å²) < 4.78 is 12.9. The molecule has 2 aliphatic heterocycles. The predicted molar refractivity (Wildman–Crippen MR) is 76.3 cm³/mol.